The zero-order chi connectivity index (χ0) is 15.4. The zero-order valence-electron chi connectivity index (χ0n) is 13.7. The smallest absolute Gasteiger partial charge is 0.0914 e. The van der Waals surface area contributed by atoms with Crippen molar-refractivity contribution in [2.24, 2.45) is 17.8 Å². The van der Waals surface area contributed by atoms with Crippen LogP contribution < -0.4 is 5.32 Å². The second kappa shape index (κ2) is 5.40. The van der Waals surface area contributed by atoms with E-state index in [1.54, 1.807) is 11.3 Å². The molecule has 0 amide bonds. The molecule has 0 spiro atoms. The molecule has 4 saturated carbocycles. The monoisotopic (exact) mass is 344 g/mol. The van der Waals surface area contributed by atoms with Crippen LogP contribution in [0.4, 0.5) is 0 Å². The highest BCUT2D eigenvalue weighted by molar-refractivity contribution is 7.16. The number of nitrogens with one attached hydrogen (secondary N) is 1. The molecule has 0 aromatic carbocycles. The van der Waals surface area contributed by atoms with Crippen molar-refractivity contribution < 1.29 is 0 Å². The van der Waals surface area contributed by atoms with Gasteiger partial charge in [0, 0.05) is 22.3 Å². The Bertz CT molecular complexity index is 679. The number of thiazole rings is 1. The van der Waals surface area contributed by atoms with Crippen molar-refractivity contribution in [1.29, 1.82) is 0 Å². The van der Waals surface area contributed by atoms with Crippen LogP contribution in [-0.4, -0.2) is 10.5 Å². The summed E-state index contributed by atoms with van der Waals surface area (Å²) in [6.07, 6.45) is 8.86. The van der Waals surface area contributed by atoms with Crippen LogP contribution in [0.2, 0.25) is 0 Å². The van der Waals surface area contributed by atoms with Crippen molar-refractivity contribution in [3.05, 3.63) is 27.4 Å². The van der Waals surface area contributed by atoms with E-state index in [-0.39, 0.29) is 0 Å². The Morgan fingerprint density at radius 1 is 1.13 bits per heavy atom. The fraction of sp³-hybridized carbons (Fsp3) is 0.632. The number of hydrogen-bond donors (Lipinski definition) is 1. The Hall–Kier alpha value is -0.710. The standard InChI is InChI=1S/C19H24N2S2/c1-12-21-17(11-22-12)18-3-2-16(23-18)10-20-19-7-13-4-14(8-19)6-15(5-13)9-19/h2-3,11,13-15,20H,4-10H2,1H3. The normalized spacial score (nSPS) is 35.1. The summed E-state index contributed by atoms with van der Waals surface area (Å²) in [5.41, 5.74) is 1.62. The van der Waals surface area contributed by atoms with E-state index in [4.69, 9.17) is 0 Å². The lowest BCUT2D eigenvalue weighted by atomic mass is 9.53. The van der Waals surface area contributed by atoms with Crippen LogP contribution in [0.1, 0.15) is 48.4 Å². The molecule has 4 aliphatic carbocycles. The molecule has 4 bridgehead atoms. The van der Waals surface area contributed by atoms with Gasteiger partial charge in [0.1, 0.15) is 0 Å². The zero-order valence-corrected chi connectivity index (χ0v) is 15.3. The Labute approximate surface area is 146 Å². The lowest BCUT2D eigenvalue weighted by Crippen LogP contribution is -2.58. The van der Waals surface area contributed by atoms with E-state index in [1.807, 2.05) is 11.3 Å². The average Bonchev–Trinajstić information content (AvgIpc) is 3.12. The molecule has 1 N–H and O–H groups in total. The average molecular weight is 345 g/mol. The van der Waals surface area contributed by atoms with Gasteiger partial charge in [0.25, 0.3) is 0 Å². The molecule has 4 fully saturated rings. The SMILES string of the molecule is Cc1nc(-c2ccc(CNC34CC5CC(CC(C5)C3)C4)s2)cs1. The molecule has 122 valence electrons. The van der Waals surface area contributed by atoms with E-state index in [1.165, 1.54) is 48.3 Å². The summed E-state index contributed by atoms with van der Waals surface area (Å²) in [5, 5.41) is 7.34. The van der Waals surface area contributed by atoms with Crippen LogP contribution in [-0.2, 0) is 6.54 Å². The number of thiophene rings is 1. The molecule has 2 heterocycles. The highest BCUT2D eigenvalue weighted by Crippen LogP contribution is 2.55. The molecule has 0 aliphatic heterocycles. The predicted octanol–water partition coefficient (Wildman–Crippen LogP) is 5.24. The third-order valence-corrected chi connectivity index (χ3v) is 8.09. The van der Waals surface area contributed by atoms with Crippen molar-refractivity contribution in [3.63, 3.8) is 0 Å². The second-order valence-corrected chi connectivity index (χ2v) is 10.3. The fourth-order valence-electron chi connectivity index (χ4n) is 5.69. The number of nitrogens with zero attached hydrogens (tertiary/aromatic N) is 1. The van der Waals surface area contributed by atoms with Crippen LogP contribution >= 0.6 is 22.7 Å². The molecule has 2 aromatic rings. The van der Waals surface area contributed by atoms with Gasteiger partial charge in [0.15, 0.2) is 0 Å². The van der Waals surface area contributed by atoms with Gasteiger partial charge in [-0.2, -0.15) is 0 Å². The summed E-state index contributed by atoms with van der Waals surface area (Å²) in [5.74, 6) is 3.06. The summed E-state index contributed by atoms with van der Waals surface area (Å²) in [7, 11) is 0. The van der Waals surface area contributed by atoms with Crippen molar-refractivity contribution in [2.45, 2.75) is 57.5 Å². The van der Waals surface area contributed by atoms with Gasteiger partial charge in [-0.3, -0.25) is 0 Å². The quantitative estimate of drug-likeness (QED) is 0.820. The van der Waals surface area contributed by atoms with E-state index >= 15 is 0 Å². The molecule has 23 heavy (non-hydrogen) atoms. The van der Waals surface area contributed by atoms with Crippen LogP contribution in [0.15, 0.2) is 17.5 Å². The lowest BCUT2D eigenvalue weighted by molar-refractivity contribution is -0.0204. The number of aromatic nitrogens is 1. The highest BCUT2D eigenvalue weighted by Gasteiger charge is 2.50. The first kappa shape index (κ1) is 14.6. The maximum atomic E-state index is 4.62. The van der Waals surface area contributed by atoms with Crippen LogP contribution in [0.5, 0.6) is 0 Å². The minimum Gasteiger partial charge on any atom is -0.306 e. The maximum absolute atomic E-state index is 4.62. The van der Waals surface area contributed by atoms with Crippen molar-refractivity contribution in [1.82, 2.24) is 10.3 Å². The molecule has 0 atom stereocenters. The Kier molecular flexibility index (Phi) is 3.43. The van der Waals surface area contributed by atoms with Gasteiger partial charge >= 0.3 is 0 Å². The minimum atomic E-state index is 0.468. The molecule has 6 rings (SSSR count). The van der Waals surface area contributed by atoms with Crippen molar-refractivity contribution in [2.75, 3.05) is 0 Å². The van der Waals surface area contributed by atoms with Gasteiger partial charge in [-0.1, -0.05) is 0 Å². The summed E-state index contributed by atoms with van der Waals surface area (Å²) in [6.45, 7) is 3.12. The van der Waals surface area contributed by atoms with Crippen molar-refractivity contribution >= 4 is 22.7 Å². The Morgan fingerprint density at radius 2 is 1.83 bits per heavy atom. The van der Waals surface area contributed by atoms with Gasteiger partial charge < -0.3 is 5.32 Å². The van der Waals surface area contributed by atoms with E-state index < -0.39 is 0 Å². The molecule has 0 unspecified atom stereocenters. The van der Waals surface area contributed by atoms with Gasteiger partial charge in [0.05, 0.1) is 15.6 Å². The first-order chi connectivity index (χ1) is 11.2. The van der Waals surface area contributed by atoms with Gasteiger partial charge in [0.2, 0.25) is 0 Å². The summed E-state index contributed by atoms with van der Waals surface area (Å²) in [4.78, 5) is 7.39. The molecule has 4 heteroatoms. The molecule has 0 radical (unpaired) electrons. The summed E-state index contributed by atoms with van der Waals surface area (Å²) < 4.78 is 0. The van der Waals surface area contributed by atoms with Crippen molar-refractivity contribution in [3.8, 4) is 10.6 Å². The molecule has 4 aliphatic rings. The lowest BCUT2D eigenvalue weighted by Gasteiger charge is -2.57. The topological polar surface area (TPSA) is 24.9 Å². The largest absolute Gasteiger partial charge is 0.306 e. The Balaban J connectivity index is 1.29. The Morgan fingerprint density at radius 3 is 2.43 bits per heavy atom. The second-order valence-electron chi connectivity index (χ2n) is 8.07. The first-order valence-corrected chi connectivity index (χ1v) is 10.6. The number of hydrogen-bond acceptors (Lipinski definition) is 4. The van der Waals surface area contributed by atoms with E-state index in [0.29, 0.717) is 5.54 Å². The van der Waals surface area contributed by atoms with E-state index in [2.05, 4.69) is 34.7 Å². The highest BCUT2D eigenvalue weighted by atomic mass is 32.1. The first-order valence-electron chi connectivity index (χ1n) is 8.94. The maximum Gasteiger partial charge on any atom is 0.0914 e. The minimum absolute atomic E-state index is 0.468. The molecular formula is C19H24N2S2. The third kappa shape index (κ3) is 2.69. The van der Waals surface area contributed by atoms with Crippen LogP contribution in [0.3, 0.4) is 0 Å². The van der Waals surface area contributed by atoms with E-state index in [0.717, 1.165) is 35.0 Å². The van der Waals surface area contributed by atoms with E-state index in [9.17, 15) is 0 Å². The van der Waals surface area contributed by atoms with Gasteiger partial charge in [-0.15, -0.1) is 22.7 Å². The van der Waals surface area contributed by atoms with Crippen LogP contribution in [0, 0.1) is 24.7 Å². The third-order valence-electron chi connectivity index (χ3n) is 6.21. The van der Waals surface area contributed by atoms with Gasteiger partial charge in [-0.25, -0.2) is 4.98 Å². The summed E-state index contributed by atoms with van der Waals surface area (Å²) >= 11 is 3.65. The molecule has 2 nitrogen and oxygen atoms in total. The number of rotatable bonds is 4. The fourth-order valence-corrected chi connectivity index (χ4v) is 7.28. The summed E-state index contributed by atoms with van der Waals surface area (Å²) in [6, 6.07) is 4.54. The molecule has 2 aromatic heterocycles. The predicted molar refractivity (Wildman–Crippen MR) is 97.9 cm³/mol. The molecular weight excluding hydrogens is 320 g/mol. The van der Waals surface area contributed by atoms with Gasteiger partial charge in [-0.05, 0) is 75.3 Å². The van der Waals surface area contributed by atoms with Crippen LogP contribution in [0.25, 0.3) is 10.6 Å². The molecule has 0 saturated heterocycles. The number of aryl methyl sites for hydroxylation is 1.